The van der Waals surface area contributed by atoms with Gasteiger partial charge in [-0.15, -0.1) is 0 Å². The molecule has 2 aliphatic heterocycles. The molecule has 3 aromatic carbocycles. The SMILES string of the molecule is CC(=O)O[C@@]12CCC(N(C)C(=O)/C=C/c3cccc(C(F)(F)F)c3)C3Oc4cccc5c4[C@@]31CCN(CCc1ccccc1)[C@@H]2C5. The fourth-order valence-electron chi connectivity index (χ4n) is 8.86. The Morgan fingerprint density at radius 2 is 1.85 bits per heavy atom. The van der Waals surface area contributed by atoms with E-state index < -0.39 is 28.9 Å². The quantitative estimate of drug-likeness (QED) is 0.230. The summed E-state index contributed by atoms with van der Waals surface area (Å²) in [5, 5.41) is 0. The highest BCUT2D eigenvalue weighted by molar-refractivity contribution is 5.92. The Kier molecular flexibility index (Phi) is 7.50. The minimum Gasteiger partial charge on any atom is -0.487 e. The first-order chi connectivity index (χ1) is 22.0. The van der Waals surface area contributed by atoms with Crippen molar-refractivity contribution in [2.75, 3.05) is 20.1 Å². The van der Waals surface area contributed by atoms with E-state index >= 15 is 0 Å². The number of carbonyl (C=O) groups is 2. The molecule has 9 heteroatoms. The van der Waals surface area contributed by atoms with E-state index in [1.54, 1.807) is 11.9 Å². The van der Waals surface area contributed by atoms with Crippen LogP contribution in [0.5, 0.6) is 5.75 Å². The fourth-order valence-corrected chi connectivity index (χ4v) is 8.86. The first kappa shape index (κ1) is 30.5. The molecule has 7 rings (SSSR count). The Bertz CT molecular complexity index is 1690. The molecule has 2 fully saturated rings. The molecule has 240 valence electrons. The van der Waals surface area contributed by atoms with E-state index in [4.69, 9.17) is 9.47 Å². The van der Waals surface area contributed by atoms with E-state index in [1.807, 2.05) is 30.3 Å². The Morgan fingerprint density at radius 3 is 2.61 bits per heavy atom. The lowest BCUT2D eigenvalue weighted by atomic mass is 9.48. The number of benzene rings is 3. The van der Waals surface area contributed by atoms with Gasteiger partial charge in [-0.25, -0.2) is 0 Å². The zero-order valence-corrected chi connectivity index (χ0v) is 25.9. The van der Waals surface area contributed by atoms with Crippen LogP contribution in [0.1, 0.15) is 54.0 Å². The topological polar surface area (TPSA) is 59.1 Å². The number of piperidine rings is 1. The maximum atomic E-state index is 13.6. The average Bonchev–Trinajstić information content (AvgIpc) is 3.38. The van der Waals surface area contributed by atoms with Crippen molar-refractivity contribution in [3.8, 4) is 5.75 Å². The molecule has 1 amide bonds. The molecule has 3 aromatic rings. The first-order valence-corrected chi connectivity index (χ1v) is 15.9. The van der Waals surface area contributed by atoms with Gasteiger partial charge in [0.25, 0.3) is 0 Å². The zero-order valence-electron chi connectivity index (χ0n) is 25.9. The number of alkyl halides is 3. The minimum absolute atomic E-state index is 0.0522. The number of hydrogen-bond donors (Lipinski definition) is 0. The molecular weight excluding hydrogens is 593 g/mol. The van der Waals surface area contributed by atoms with E-state index in [0.717, 1.165) is 49.4 Å². The van der Waals surface area contributed by atoms with Crippen molar-refractivity contribution in [3.05, 3.63) is 107 Å². The van der Waals surface area contributed by atoms with Crippen LogP contribution in [-0.4, -0.2) is 65.6 Å². The number of rotatable bonds is 7. The smallest absolute Gasteiger partial charge is 0.416 e. The van der Waals surface area contributed by atoms with Crippen LogP contribution < -0.4 is 4.74 Å². The van der Waals surface area contributed by atoms with Crippen LogP contribution in [-0.2, 0) is 38.8 Å². The molecule has 2 heterocycles. The maximum Gasteiger partial charge on any atom is 0.416 e. The number of esters is 1. The van der Waals surface area contributed by atoms with Crippen LogP contribution in [0, 0.1) is 0 Å². The molecule has 4 aliphatic rings. The van der Waals surface area contributed by atoms with Gasteiger partial charge in [0, 0.05) is 32.2 Å². The van der Waals surface area contributed by atoms with Gasteiger partial charge >= 0.3 is 12.1 Å². The zero-order chi connectivity index (χ0) is 32.3. The second kappa shape index (κ2) is 11.3. The second-order valence-corrected chi connectivity index (χ2v) is 13.0. The molecule has 0 radical (unpaired) electrons. The summed E-state index contributed by atoms with van der Waals surface area (Å²) in [5.41, 5.74) is 1.61. The number of ether oxygens (including phenoxy) is 2. The van der Waals surface area contributed by atoms with Crippen molar-refractivity contribution in [2.24, 2.45) is 0 Å². The number of carbonyl (C=O) groups excluding carboxylic acids is 2. The van der Waals surface area contributed by atoms with Crippen LogP contribution in [0.2, 0.25) is 0 Å². The Hall–Kier alpha value is -4.11. The van der Waals surface area contributed by atoms with Crippen molar-refractivity contribution in [1.29, 1.82) is 0 Å². The molecule has 1 saturated heterocycles. The number of likely N-dealkylation sites (N-methyl/N-ethyl adjacent to an activating group) is 1. The summed E-state index contributed by atoms with van der Waals surface area (Å²) in [4.78, 5) is 30.6. The largest absolute Gasteiger partial charge is 0.487 e. The predicted molar refractivity (Wildman–Crippen MR) is 167 cm³/mol. The Labute approximate surface area is 266 Å². The molecule has 2 unspecified atom stereocenters. The molecule has 1 spiro atoms. The van der Waals surface area contributed by atoms with Crippen molar-refractivity contribution >= 4 is 18.0 Å². The molecule has 6 nitrogen and oxygen atoms in total. The number of likely N-dealkylation sites (tertiary alicyclic amines) is 1. The maximum absolute atomic E-state index is 13.6. The first-order valence-electron chi connectivity index (χ1n) is 15.9. The summed E-state index contributed by atoms with van der Waals surface area (Å²) in [6, 6.07) is 21.0. The molecule has 0 aromatic heterocycles. The van der Waals surface area contributed by atoms with Crippen LogP contribution in [0.25, 0.3) is 6.08 Å². The van der Waals surface area contributed by atoms with Gasteiger partial charge in [0.1, 0.15) is 17.5 Å². The lowest BCUT2D eigenvalue weighted by Gasteiger charge is -2.65. The van der Waals surface area contributed by atoms with Gasteiger partial charge < -0.3 is 14.4 Å². The van der Waals surface area contributed by atoms with Gasteiger partial charge in [-0.2, -0.15) is 13.2 Å². The molecule has 1 saturated carbocycles. The van der Waals surface area contributed by atoms with Crippen LogP contribution in [0.3, 0.4) is 0 Å². The minimum atomic E-state index is -4.47. The van der Waals surface area contributed by atoms with Crippen LogP contribution in [0.4, 0.5) is 13.2 Å². The number of hydrogen-bond acceptors (Lipinski definition) is 5. The van der Waals surface area contributed by atoms with Gasteiger partial charge in [-0.3, -0.25) is 14.5 Å². The Morgan fingerprint density at radius 1 is 1.07 bits per heavy atom. The van der Waals surface area contributed by atoms with E-state index in [0.29, 0.717) is 24.8 Å². The monoisotopic (exact) mass is 630 g/mol. The van der Waals surface area contributed by atoms with Gasteiger partial charge in [-0.1, -0.05) is 54.6 Å². The van der Waals surface area contributed by atoms with E-state index in [9.17, 15) is 22.8 Å². The summed E-state index contributed by atoms with van der Waals surface area (Å²) >= 11 is 0. The summed E-state index contributed by atoms with van der Waals surface area (Å²) in [5.74, 6) is 0.126. The summed E-state index contributed by atoms with van der Waals surface area (Å²) in [6.07, 6.45) is 1.26. The summed E-state index contributed by atoms with van der Waals surface area (Å²) in [7, 11) is 1.72. The lowest BCUT2D eigenvalue weighted by Crippen LogP contribution is -2.79. The molecule has 2 bridgehead atoms. The highest BCUT2D eigenvalue weighted by Gasteiger charge is 2.75. The van der Waals surface area contributed by atoms with E-state index in [-0.39, 0.29) is 24.0 Å². The van der Waals surface area contributed by atoms with Gasteiger partial charge in [0.2, 0.25) is 5.91 Å². The normalized spacial score (nSPS) is 28.0. The van der Waals surface area contributed by atoms with Crippen molar-refractivity contribution in [1.82, 2.24) is 9.80 Å². The number of halogens is 3. The van der Waals surface area contributed by atoms with Gasteiger partial charge in [0.15, 0.2) is 0 Å². The standard InChI is InChI=1S/C37H37F3N2O4/c1-24(43)46-36-18-16-29(41(2)32(44)15-14-26-10-6-12-28(22-26)37(38,39)40)34-35(36)19-21-42(20-17-25-8-4-3-5-9-25)31(36)23-27-11-7-13-30(45-34)33(27)35/h3-15,22,29,31,34H,16-21,23H2,1-2H3/b15-14+/t29?,31-,34?,35+,36-/m1/s1. The van der Waals surface area contributed by atoms with Crippen LogP contribution in [0.15, 0.2) is 78.9 Å². The average molecular weight is 631 g/mol. The third kappa shape index (κ3) is 4.82. The van der Waals surface area contributed by atoms with E-state index in [2.05, 4.69) is 23.1 Å². The summed E-state index contributed by atoms with van der Waals surface area (Å²) < 4.78 is 53.1. The molecule has 46 heavy (non-hydrogen) atoms. The molecule has 2 aliphatic carbocycles. The third-order valence-corrected chi connectivity index (χ3v) is 10.7. The molecule has 5 atom stereocenters. The van der Waals surface area contributed by atoms with Gasteiger partial charge in [0.05, 0.1) is 23.1 Å². The van der Waals surface area contributed by atoms with Crippen molar-refractivity contribution in [2.45, 2.75) is 74.4 Å². The highest BCUT2D eigenvalue weighted by Crippen LogP contribution is 2.65. The highest BCUT2D eigenvalue weighted by atomic mass is 19.4. The lowest BCUT2D eigenvalue weighted by molar-refractivity contribution is -0.223. The van der Waals surface area contributed by atoms with Gasteiger partial charge in [-0.05, 0) is 79.6 Å². The number of amides is 1. The van der Waals surface area contributed by atoms with Crippen molar-refractivity contribution in [3.63, 3.8) is 0 Å². The van der Waals surface area contributed by atoms with Crippen LogP contribution >= 0.6 is 0 Å². The fraction of sp³-hybridized carbons (Fsp3) is 0.405. The summed E-state index contributed by atoms with van der Waals surface area (Å²) in [6.45, 7) is 3.10. The predicted octanol–water partition coefficient (Wildman–Crippen LogP) is 6.21. The molecular formula is C37H37F3N2O4. The Balaban J connectivity index is 1.22. The number of nitrogens with zero attached hydrogens (tertiary/aromatic N) is 2. The third-order valence-electron chi connectivity index (χ3n) is 10.7. The van der Waals surface area contributed by atoms with E-state index in [1.165, 1.54) is 42.3 Å². The second-order valence-electron chi connectivity index (χ2n) is 13.0. The molecule has 0 N–H and O–H groups in total. The van der Waals surface area contributed by atoms with Crippen molar-refractivity contribution < 1.29 is 32.2 Å².